The van der Waals surface area contributed by atoms with Crippen molar-refractivity contribution in [2.24, 2.45) is 0 Å². The Morgan fingerprint density at radius 3 is 2.84 bits per heavy atom. The third-order valence-electron chi connectivity index (χ3n) is 4.22. The monoisotopic (exact) mass is 333 g/mol. The lowest BCUT2D eigenvalue weighted by Crippen LogP contribution is -2.24. The minimum atomic E-state index is 0.183. The predicted octanol–water partition coefficient (Wildman–Crippen LogP) is 3.06. The lowest BCUT2D eigenvalue weighted by Gasteiger charge is -2.25. The summed E-state index contributed by atoms with van der Waals surface area (Å²) in [6.07, 6.45) is 9.12. The van der Waals surface area contributed by atoms with Crippen molar-refractivity contribution in [1.29, 1.82) is 0 Å². The highest BCUT2D eigenvalue weighted by Crippen LogP contribution is 2.34. The van der Waals surface area contributed by atoms with Gasteiger partial charge in [0.25, 0.3) is 0 Å². The largest absolute Gasteiger partial charge is 0.347 e. The van der Waals surface area contributed by atoms with Crippen LogP contribution >= 0.6 is 0 Å². The van der Waals surface area contributed by atoms with Gasteiger partial charge in [-0.15, -0.1) is 0 Å². The Morgan fingerprint density at radius 1 is 1.08 bits per heavy atom. The number of aryl methyl sites for hydroxylation is 1. The number of pyridine rings is 1. The van der Waals surface area contributed by atoms with Gasteiger partial charge in [-0.2, -0.15) is 0 Å². The molecule has 0 aliphatic carbocycles. The van der Waals surface area contributed by atoms with E-state index >= 15 is 0 Å². The zero-order valence-corrected chi connectivity index (χ0v) is 14.0. The fraction of sp³-hybridized carbons (Fsp3) is 0.278. The van der Waals surface area contributed by atoms with Crippen LogP contribution < -0.4 is 10.2 Å². The number of hydrogen-bond donors (Lipinski definition) is 1. The van der Waals surface area contributed by atoms with E-state index in [1.807, 2.05) is 31.2 Å². The van der Waals surface area contributed by atoms with Crippen LogP contribution in [0.3, 0.4) is 0 Å². The molecular formula is C18H19N7. The van der Waals surface area contributed by atoms with Crippen LogP contribution in [0.15, 0.2) is 49.1 Å². The number of rotatable bonds is 4. The van der Waals surface area contributed by atoms with Crippen molar-refractivity contribution in [2.75, 3.05) is 16.8 Å². The predicted molar refractivity (Wildman–Crippen MR) is 95.6 cm³/mol. The van der Waals surface area contributed by atoms with Crippen molar-refractivity contribution in [2.45, 2.75) is 25.8 Å². The van der Waals surface area contributed by atoms with Gasteiger partial charge in [-0.05, 0) is 31.9 Å². The molecule has 1 fully saturated rings. The van der Waals surface area contributed by atoms with Gasteiger partial charge in [-0.3, -0.25) is 4.98 Å². The second-order valence-corrected chi connectivity index (χ2v) is 5.98. The normalized spacial score (nSPS) is 16.8. The zero-order chi connectivity index (χ0) is 17.1. The van der Waals surface area contributed by atoms with Crippen molar-refractivity contribution in [3.8, 4) is 0 Å². The second-order valence-electron chi connectivity index (χ2n) is 5.98. The maximum Gasteiger partial charge on any atom is 0.147 e. The van der Waals surface area contributed by atoms with Crippen LogP contribution in [0.25, 0.3) is 0 Å². The van der Waals surface area contributed by atoms with E-state index in [9.17, 15) is 0 Å². The summed E-state index contributed by atoms with van der Waals surface area (Å²) < 4.78 is 0. The van der Waals surface area contributed by atoms with Crippen LogP contribution in [0.4, 0.5) is 17.5 Å². The van der Waals surface area contributed by atoms with Gasteiger partial charge in [0.05, 0.1) is 17.9 Å². The summed E-state index contributed by atoms with van der Waals surface area (Å²) in [5.74, 6) is 3.15. The van der Waals surface area contributed by atoms with E-state index in [-0.39, 0.29) is 6.04 Å². The summed E-state index contributed by atoms with van der Waals surface area (Å²) in [7, 11) is 0. The van der Waals surface area contributed by atoms with Crippen molar-refractivity contribution in [1.82, 2.24) is 24.9 Å². The van der Waals surface area contributed by atoms with E-state index in [2.05, 4.69) is 35.1 Å². The molecule has 1 N–H and O–H groups in total. The Hall–Kier alpha value is -3.09. The highest BCUT2D eigenvalue weighted by atomic mass is 15.2. The van der Waals surface area contributed by atoms with Crippen molar-refractivity contribution >= 4 is 17.5 Å². The van der Waals surface area contributed by atoms with Crippen LogP contribution in [-0.2, 0) is 0 Å². The third kappa shape index (κ3) is 3.40. The van der Waals surface area contributed by atoms with E-state index in [0.717, 1.165) is 48.4 Å². The summed E-state index contributed by atoms with van der Waals surface area (Å²) in [6.45, 7) is 2.87. The summed E-state index contributed by atoms with van der Waals surface area (Å²) in [6, 6.07) is 7.93. The summed E-state index contributed by atoms with van der Waals surface area (Å²) in [4.78, 5) is 24.4. The lowest BCUT2D eigenvalue weighted by atomic mass is 10.1. The Balaban J connectivity index is 1.63. The van der Waals surface area contributed by atoms with Gasteiger partial charge in [-0.1, -0.05) is 6.07 Å². The minimum absolute atomic E-state index is 0.183. The molecule has 0 aromatic carbocycles. The first-order valence-electron chi connectivity index (χ1n) is 8.36. The Morgan fingerprint density at radius 2 is 2.04 bits per heavy atom. The van der Waals surface area contributed by atoms with Gasteiger partial charge in [0.1, 0.15) is 23.3 Å². The maximum atomic E-state index is 4.67. The number of anilines is 3. The van der Waals surface area contributed by atoms with Gasteiger partial charge >= 0.3 is 0 Å². The smallest absolute Gasteiger partial charge is 0.147 e. The van der Waals surface area contributed by atoms with Crippen LogP contribution in [0.2, 0.25) is 0 Å². The fourth-order valence-corrected chi connectivity index (χ4v) is 3.18. The molecule has 0 saturated carbocycles. The number of nitrogens with one attached hydrogen (secondary N) is 1. The van der Waals surface area contributed by atoms with E-state index in [1.54, 1.807) is 24.8 Å². The molecule has 7 heteroatoms. The van der Waals surface area contributed by atoms with Gasteiger partial charge in [-0.25, -0.2) is 19.9 Å². The van der Waals surface area contributed by atoms with Crippen LogP contribution in [0, 0.1) is 6.92 Å². The quantitative estimate of drug-likeness (QED) is 0.786. The first-order chi connectivity index (χ1) is 12.3. The molecule has 3 aromatic rings. The molecule has 0 bridgehead atoms. The average Bonchev–Trinajstić information content (AvgIpc) is 3.13. The third-order valence-corrected chi connectivity index (χ3v) is 4.22. The van der Waals surface area contributed by atoms with Gasteiger partial charge in [0.2, 0.25) is 0 Å². The maximum absolute atomic E-state index is 4.67. The molecule has 0 amide bonds. The highest BCUT2D eigenvalue weighted by Gasteiger charge is 2.29. The molecular weight excluding hydrogens is 314 g/mol. The molecule has 0 unspecified atom stereocenters. The molecule has 1 saturated heterocycles. The molecule has 1 aliphatic rings. The van der Waals surface area contributed by atoms with Gasteiger partial charge in [0, 0.05) is 31.2 Å². The summed E-state index contributed by atoms with van der Waals surface area (Å²) in [5, 5.41) is 3.25. The highest BCUT2D eigenvalue weighted by molar-refractivity contribution is 5.52. The first-order valence-corrected chi connectivity index (χ1v) is 8.36. The van der Waals surface area contributed by atoms with Crippen LogP contribution in [-0.4, -0.2) is 31.5 Å². The second kappa shape index (κ2) is 6.80. The van der Waals surface area contributed by atoms with Crippen molar-refractivity contribution in [3.05, 3.63) is 60.6 Å². The van der Waals surface area contributed by atoms with E-state index in [4.69, 9.17) is 0 Å². The lowest BCUT2D eigenvalue weighted by molar-refractivity contribution is 0.680. The number of aromatic nitrogens is 5. The molecule has 4 rings (SSSR count). The molecule has 7 nitrogen and oxygen atoms in total. The van der Waals surface area contributed by atoms with Crippen molar-refractivity contribution in [3.63, 3.8) is 0 Å². The molecule has 25 heavy (non-hydrogen) atoms. The summed E-state index contributed by atoms with van der Waals surface area (Å²) in [5.41, 5.74) is 0.995. The molecule has 4 heterocycles. The van der Waals surface area contributed by atoms with E-state index in [1.165, 1.54) is 0 Å². The zero-order valence-electron chi connectivity index (χ0n) is 14.0. The van der Waals surface area contributed by atoms with Crippen LogP contribution in [0.5, 0.6) is 0 Å². The minimum Gasteiger partial charge on any atom is -0.347 e. The number of nitrogens with zero attached hydrogens (tertiary/aromatic N) is 6. The van der Waals surface area contributed by atoms with E-state index < -0.39 is 0 Å². The average molecular weight is 333 g/mol. The molecule has 1 aliphatic heterocycles. The standard InChI is InChI=1S/C18H19N7/c1-13-22-14(11-17(23-13)24-16-6-2-3-7-20-16)15-5-4-10-25(15)18-12-19-8-9-21-18/h2-3,6-9,11-12,15H,4-5,10H2,1H3,(H,20,22,23,24)/t15-/m1/s1. The van der Waals surface area contributed by atoms with Gasteiger partial charge in [0.15, 0.2) is 0 Å². The van der Waals surface area contributed by atoms with Gasteiger partial charge < -0.3 is 10.2 Å². The van der Waals surface area contributed by atoms with Crippen LogP contribution in [0.1, 0.15) is 30.4 Å². The topological polar surface area (TPSA) is 79.7 Å². The van der Waals surface area contributed by atoms with E-state index in [0.29, 0.717) is 0 Å². The Kier molecular flexibility index (Phi) is 4.20. The first kappa shape index (κ1) is 15.4. The molecule has 3 aromatic heterocycles. The van der Waals surface area contributed by atoms with Crippen molar-refractivity contribution < 1.29 is 0 Å². The number of hydrogen-bond acceptors (Lipinski definition) is 7. The molecule has 0 radical (unpaired) electrons. The fourth-order valence-electron chi connectivity index (χ4n) is 3.18. The molecule has 1 atom stereocenters. The Labute approximate surface area is 146 Å². The molecule has 126 valence electrons. The molecule has 0 spiro atoms. The Bertz CT molecular complexity index is 839. The summed E-state index contributed by atoms with van der Waals surface area (Å²) >= 11 is 0. The SMILES string of the molecule is Cc1nc(Nc2ccccn2)cc([C@H]2CCCN2c2cnccn2)n1.